The van der Waals surface area contributed by atoms with E-state index in [2.05, 4.69) is 0 Å². The monoisotopic (exact) mass is 265 g/mol. The van der Waals surface area contributed by atoms with Gasteiger partial charge >= 0.3 is 0 Å². The summed E-state index contributed by atoms with van der Waals surface area (Å²) in [5, 5.41) is 0. The molecule has 0 amide bonds. The quantitative estimate of drug-likeness (QED) is 0.858. The van der Waals surface area contributed by atoms with Gasteiger partial charge in [0.05, 0.1) is 21.3 Å². The van der Waals surface area contributed by atoms with E-state index in [-0.39, 0.29) is 5.41 Å². The fourth-order valence-electron chi connectivity index (χ4n) is 2.76. The zero-order chi connectivity index (χ0) is 13.9. The van der Waals surface area contributed by atoms with Crippen molar-refractivity contribution < 1.29 is 14.2 Å². The smallest absolute Gasteiger partial charge is 0.129 e. The maximum absolute atomic E-state index is 5.95. The van der Waals surface area contributed by atoms with Gasteiger partial charge in [-0.15, -0.1) is 0 Å². The normalized spacial score (nSPS) is 16.6. The Balaban J connectivity index is 2.36. The molecule has 0 atom stereocenters. The molecule has 4 heteroatoms. The summed E-state index contributed by atoms with van der Waals surface area (Å²) in [7, 11) is 4.99. The average Bonchev–Trinajstić information content (AvgIpc) is 2.42. The first-order valence-corrected chi connectivity index (χ1v) is 6.67. The van der Waals surface area contributed by atoms with E-state index < -0.39 is 0 Å². The molecule has 1 fully saturated rings. The van der Waals surface area contributed by atoms with E-state index in [9.17, 15) is 0 Å². The molecule has 2 rings (SSSR count). The number of hydrogen-bond acceptors (Lipinski definition) is 4. The first-order valence-electron chi connectivity index (χ1n) is 6.67. The minimum atomic E-state index is 0.217. The lowest BCUT2D eigenvalue weighted by atomic mass is 9.65. The zero-order valence-corrected chi connectivity index (χ0v) is 12.0. The fourth-order valence-corrected chi connectivity index (χ4v) is 2.76. The third kappa shape index (κ3) is 2.63. The molecule has 1 aromatic rings. The Labute approximate surface area is 114 Å². The molecule has 0 aliphatic heterocycles. The van der Waals surface area contributed by atoms with Gasteiger partial charge in [0.2, 0.25) is 0 Å². The molecule has 0 saturated heterocycles. The number of nitrogens with two attached hydrogens (primary N) is 1. The van der Waals surface area contributed by atoms with E-state index in [1.54, 1.807) is 21.3 Å². The van der Waals surface area contributed by atoms with Crippen molar-refractivity contribution in [1.29, 1.82) is 0 Å². The van der Waals surface area contributed by atoms with Crippen LogP contribution in [0.4, 0.5) is 0 Å². The molecule has 19 heavy (non-hydrogen) atoms. The highest BCUT2D eigenvalue weighted by atomic mass is 16.5. The molecule has 1 saturated carbocycles. The van der Waals surface area contributed by atoms with Crippen LogP contribution in [-0.2, 0) is 6.42 Å². The predicted molar refractivity (Wildman–Crippen MR) is 75.1 cm³/mol. The van der Waals surface area contributed by atoms with Gasteiger partial charge in [-0.3, -0.25) is 0 Å². The van der Waals surface area contributed by atoms with E-state index >= 15 is 0 Å². The summed E-state index contributed by atoms with van der Waals surface area (Å²) >= 11 is 0. The number of ether oxygens (including phenoxy) is 3. The average molecular weight is 265 g/mol. The van der Waals surface area contributed by atoms with Gasteiger partial charge in [0.25, 0.3) is 0 Å². The second-order valence-electron chi connectivity index (χ2n) is 5.24. The van der Waals surface area contributed by atoms with Gasteiger partial charge in [0, 0.05) is 17.7 Å². The summed E-state index contributed by atoms with van der Waals surface area (Å²) in [6, 6.07) is 3.81. The molecule has 1 aliphatic carbocycles. The van der Waals surface area contributed by atoms with Crippen molar-refractivity contribution in [2.75, 3.05) is 27.9 Å². The molecule has 1 aliphatic rings. The van der Waals surface area contributed by atoms with Gasteiger partial charge in [0.15, 0.2) is 0 Å². The summed E-state index contributed by atoms with van der Waals surface area (Å²) in [5.41, 5.74) is 7.26. The largest absolute Gasteiger partial charge is 0.496 e. The highest BCUT2D eigenvalue weighted by Crippen LogP contribution is 2.46. The van der Waals surface area contributed by atoms with Crippen molar-refractivity contribution in [2.24, 2.45) is 11.1 Å². The Bertz CT molecular complexity index is 411. The first kappa shape index (κ1) is 14.0. The lowest BCUT2D eigenvalue weighted by Gasteiger charge is -2.41. The SMILES string of the molecule is COc1cc(OC)c(CC2(CN)CCC2)c(OC)c1. The molecule has 106 valence electrons. The minimum absolute atomic E-state index is 0.217. The van der Waals surface area contributed by atoms with Gasteiger partial charge in [-0.2, -0.15) is 0 Å². The van der Waals surface area contributed by atoms with Gasteiger partial charge in [-0.25, -0.2) is 0 Å². The summed E-state index contributed by atoms with van der Waals surface area (Å²) in [6.45, 7) is 0.714. The Morgan fingerprint density at radius 2 is 1.63 bits per heavy atom. The van der Waals surface area contributed by atoms with E-state index in [1.165, 1.54) is 19.3 Å². The van der Waals surface area contributed by atoms with Gasteiger partial charge < -0.3 is 19.9 Å². The standard InChI is InChI=1S/C15H23NO3/c1-17-11-7-13(18-2)12(14(8-11)19-3)9-15(10-16)5-4-6-15/h7-8H,4-6,9-10,16H2,1-3H3. The maximum atomic E-state index is 5.95. The van der Waals surface area contributed by atoms with Crippen molar-refractivity contribution in [3.8, 4) is 17.2 Å². The van der Waals surface area contributed by atoms with Crippen LogP contribution in [0.3, 0.4) is 0 Å². The third-order valence-electron chi connectivity index (χ3n) is 4.22. The van der Waals surface area contributed by atoms with E-state index in [0.29, 0.717) is 6.54 Å². The minimum Gasteiger partial charge on any atom is -0.496 e. The number of hydrogen-bond donors (Lipinski definition) is 1. The first-order chi connectivity index (χ1) is 9.18. The lowest BCUT2D eigenvalue weighted by Crippen LogP contribution is -2.39. The van der Waals surface area contributed by atoms with E-state index in [4.69, 9.17) is 19.9 Å². The van der Waals surface area contributed by atoms with E-state index in [1.807, 2.05) is 12.1 Å². The van der Waals surface area contributed by atoms with Crippen molar-refractivity contribution in [1.82, 2.24) is 0 Å². The van der Waals surface area contributed by atoms with Gasteiger partial charge in [0.1, 0.15) is 17.2 Å². The van der Waals surface area contributed by atoms with Crippen LogP contribution in [0.2, 0.25) is 0 Å². The second-order valence-corrected chi connectivity index (χ2v) is 5.24. The summed E-state index contributed by atoms with van der Waals surface area (Å²) in [5.74, 6) is 2.37. The summed E-state index contributed by atoms with van der Waals surface area (Å²) < 4.78 is 16.2. The van der Waals surface area contributed by atoms with Crippen molar-refractivity contribution in [2.45, 2.75) is 25.7 Å². The molecule has 2 N–H and O–H groups in total. The van der Waals surface area contributed by atoms with Crippen LogP contribution >= 0.6 is 0 Å². The Morgan fingerprint density at radius 3 is 1.95 bits per heavy atom. The topological polar surface area (TPSA) is 53.7 Å². The van der Waals surface area contributed by atoms with Crippen LogP contribution in [0.15, 0.2) is 12.1 Å². The molecule has 1 aromatic carbocycles. The summed E-state index contributed by atoms with van der Waals surface area (Å²) in [6.07, 6.45) is 4.53. The predicted octanol–water partition coefficient (Wildman–Crippen LogP) is 2.38. The molecule has 4 nitrogen and oxygen atoms in total. The Morgan fingerprint density at radius 1 is 1.05 bits per heavy atom. The van der Waals surface area contributed by atoms with Gasteiger partial charge in [-0.1, -0.05) is 6.42 Å². The molecular formula is C15H23NO3. The maximum Gasteiger partial charge on any atom is 0.129 e. The molecule has 0 radical (unpaired) electrons. The highest BCUT2D eigenvalue weighted by molar-refractivity contribution is 5.51. The van der Waals surface area contributed by atoms with Crippen LogP contribution in [0.25, 0.3) is 0 Å². The Hall–Kier alpha value is -1.42. The van der Waals surface area contributed by atoms with Gasteiger partial charge in [-0.05, 0) is 31.2 Å². The lowest BCUT2D eigenvalue weighted by molar-refractivity contribution is 0.142. The van der Waals surface area contributed by atoms with Crippen molar-refractivity contribution in [3.63, 3.8) is 0 Å². The molecule has 0 spiro atoms. The van der Waals surface area contributed by atoms with Crippen molar-refractivity contribution >= 4 is 0 Å². The highest BCUT2D eigenvalue weighted by Gasteiger charge is 2.37. The zero-order valence-electron chi connectivity index (χ0n) is 12.0. The number of benzene rings is 1. The van der Waals surface area contributed by atoms with E-state index in [0.717, 1.165) is 29.2 Å². The van der Waals surface area contributed by atoms with Crippen molar-refractivity contribution in [3.05, 3.63) is 17.7 Å². The van der Waals surface area contributed by atoms with Crippen LogP contribution in [0.1, 0.15) is 24.8 Å². The molecule has 0 heterocycles. The Kier molecular flexibility index (Phi) is 4.20. The fraction of sp³-hybridized carbons (Fsp3) is 0.600. The molecule has 0 unspecified atom stereocenters. The molecule has 0 bridgehead atoms. The number of methoxy groups -OCH3 is 3. The van der Waals surface area contributed by atoms with Crippen LogP contribution in [-0.4, -0.2) is 27.9 Å². The van der Waals surface area contributed by atoms with Crippen LogP contribution in [0.5, 0.6) is 17.2 Å². The molecular weight excluding hydrogens is 242 g/mol. The third-order valence-corrected chi connectivity index (χ3v) is 4.22. The molecule has 0 aromatic heterocycles. The second kappa shape index (κ2) is 5.70. The van der Waals surface area contributed by atoms with Crippen LogP contribution in [0, 0.1) is 5.41 Å². The number of rotatable bonds is 6. The van der Waals surface area contributed by atoms with Crippen LogP contribution < -0.4 is 19.9 Å². The summed E-state index contributed by atoms with van der Waals surface area (Å²) in [4.78, 5) is 0.